The van der Waals surface area contributed by atoms with Crippen molar-refractivity contribution in [1.29, 1.82) is 0 Å². The summed E-state index contributed by atoms with van der Waals surface area (Å²) in [4.78, 5) is 14.9. The summed E-state index contributed by atoms with van der Waals surface area (Å²) in [5, 5.41) is 0.317. The number of ether oxygens (including phenoxy) is 3. The van der Waals surface area contributed by atoms with Gasteiger partial charge in [0.05, 0.1) is 31.9 Å². The molecule has 1 saturated heterocycles. The van der Waals surface area contributed by atoms with Crippen molar-refractivity contribution >= 4 is 33.2 Å². The number of anilines is 1. The third-order valence-electron chi connectivity index (χ3n) is 5.64. The van der Waals surface area contributed by atoms with Crippen LogP contribution in [-0.4, -0.2) is 60.2 Å². The number of carbonyl (C=O) groups excluding carboxylic acids is 1. The number of benzene rings is 2. The summed E-state index contributed by atoms with van der Waals surface area (Å²) >= 11 is 6.20. The minimum atomic E-state index is -4.20. The van der Waals surface area contributed by atoms with Gasteiger partial charge in [-0.25, -0.2) is 8.42 Å². The van der Waals surface area contributed by atoms with E-state index in [4.69, 9.17) is 25.8 Å². The van der Waals surface area contributed by atoms with Gasteiger partial charge in [-0.05, 0) is 49.1 Å². The molecule has 0 spiro atoms. The fourth-order valence-electron chi connectivity index (χ4n) is 3.90. The third-order valence-corrected chi connectivity index (χ3v) is 7.63. The number of carbonyl (C=O) groups is 1. The predicted octanol–water partition coefficient (Wildman–Crippen LogP) is 3.82. The van der Waals surface area contributed by atoms with Crippen molar-refractivity contribution in [2.75, 3.05) is 45.3 Å². The molecular weight excluding hydrogens is 468 g/mol. The first-order valence-corrected chi connectivity index (χ1v) is 12.4. The Morgan fingerprint density at radius 2 is 1.73 bits per heavy atom. The summed E-state index contributed by atoms with van der Waals surface area (Å²) in [6, 6.07) is 8.93. The molecule has 0 aromatic heterocycles. The number of methoxy groups -OCH3 is 3. The lowest BCUT2D eigenvalue weighted by Gasteiger charge is -2.33. The van der Waals surface area contributed by atoms with Crippen molar-refractivity contribution in [2.24, 2.45) is 5.92 Å². The van der Waals surface area contributed by atoms with Crippen molar-refractivity contribution in [2.45, 2.75) is 24.7 Å². The Balaban J connectivity index is 2.08. The van der Waals surface area contributed by atoms with Crippen LogP contribution in [0, 0.1) is 5.92 Å². The molecule has 1 atom stereocenters. The maximum absolute atomic E-state index is 13.8. The Hall–Kier alpha value is -2.65. The van der Waals surface area contributed by atoms with Crippen LogP contribution < -0.4 is 18.5 Å². The van der Waals surface area contributed by atoms with Gasteiger partial charge in [-0.15, -0.1) is 0 Å². The van der Waals surface area contributed by atoms with Gasteiger partial charge in [0.15, 0.2) is 11.5 Å². The molecule has 0 radical (unpaired) electrons. The summed E-state index contributed by atoms with van der Waals surface area (Å²) in [6.45, 7) is 2.88. The van der Waals surface area contributed by atoms with E-state index in [2.05, 4.69) is 6.92 Å². The van der Waals surface area contributed by atoms with Crippen LogP contribution in [-0.2, 0) is 14.8 Å². The summed E-state index contributed by atoms with van der Waals surface area (Å²) in [7, 11) is 0.125. The maximum atomic E-state index is 13.8. The van der Waals surface area contributed by atoms with Crippen LogP contribution in [0.4, 0.5) is 5.69 Å². The van der Waals surface area contributed by atoms with E-state index in [0.29, 0.717) is 29.8 Å². The van der Waals surface area contributed by atoms with Gasteiger partial charge in [0, 0.05) is 24.2 Å². The first-order valence-electron chi connectivity index (χ1n) is 10.6. The van der Waals surface area contributed by atoms with Crippen molar-refractivity contribution < 1.29 is 27.4 Å². The molecule has 0 N–H and O–H groups in total. The minimum absolute atomic E-state index is 0.0537. The number of likely N-dealkylation sites (tertiary alicyclic amines) is 1. The first-order chi connectivity index (χ1) is 15.7. The lowest BCUT2D eigenvalue weighted by Crippen LogP contribution is -2.46. The highest BCUT2D eigenvalue weighted by Gasteiger charge is 2.33. The molecule has 33 heavy (non-hydrogen) atoms. The SMILES string of the molecule is COc1ccc(S(=O)(=O)N(CC(=O)N2CCC[C@H](C)C2)c2cc(Cl)ccc2OC)cc1OC. The fourth-order valence-corrected chi connectivity index (χ4v) is 5.50. The van der Waals surface area contributed by atoms with E-state index in [0.717, 1.165) is 17.1 Å². The number of rotatable bonds is 8. The first kappa shape index (κ1) is 25.0. The van der Waals surface area contributed by atoms with Gasteiger partial charge in [-0.3, -0.25) is 9.10 Å². The second kappa shape index (κ2) is 10.5. The Morgan fingerprint density at radius 1 is 1.06 bits per heavy atom. The second-order valence-corrected chi connectivity index (χ2v) is 10.2. The molecule has 8 nitrogen and oxygen atoms in total. The van der Waals surface area contributed by atoms with Gasteiger partial charge in [0.1, 0.15) is 12.3 Å². The molecule has 1 aliphatic heterocycles. The third kappa shape index (κ3) is 5.47. The van der Waals surface area contributed by atoms with E-state index in [9.17, 15) is 13.2 Å². The van der Waals surface area contributed by atoms with Crippen molar-refractivity contribution in [3.63, 3.8) is 0 Å². The van der Waals surface area contributed by atoms with Crippen LogP contribution >= 0.6 is 11.6 Å². The van der Waals surface area contributed by atoms with Gasteiger partial charge < -0.3 is 19.1 Å². The van der Waals surface area contributed by atoms with Crippen molar-refractivity contribution in [3.8, 4) is 17.2 Å². The Kier molecular flexibility index (Phi) is 7.97. The average molecular weight is 497 g/mol. The van der Waals surface area contributed by atoms with E-state index in [1.807, 2.05) is 0 Å². The highest BCUT2D eigenvalue weighted by molar-refractivity contribution is 7.92. The standard InChI is InChI=1S/C23H29ClN2O6S/c1-16-6-5-11-25(14-16)23(27)15-26(19-12-17(24)7-9-20(19)30-2)33(28,29)18-8-10-21(31-3)22(13-18)32-4/h7-10,12-13,16H,5-6,11,14-15H2,1-4H3/t16-/m0/s1. The highest BCUT2D eigenvalue weighted by Crippen LogP contribution is 2.37. The normalized spacial score (nSPS) is 16.3. The van der Waals surface area contributed by atoms with E-state index < -0.39 is 10.0 Å². The van der Waals surface area contributed by atoms with Gasteiger partial charge in [-0.2, -0.15) is 0 Å². The van der Waals surface area contributed by atoms with Crippen LogP contribution in [0.3, 0.4) is 0 Å². The molecule has 2 aromatic rings. The zero-order valence-electron chi connectivity index (χ0n) is 19.2. The number of hydrogen-bond acceptors (Lipinski definition) is 6. The fraction of sp³-hybridized carbons (Fsp3) is 0.435. The van der Waals surface area contributed by atoms with Crippen LogP contribution in [0.5, 0.6) is 17.2 Å². The largest absolute Gasteiger partial charge is 0.495 e. The molecule has 1 aliphatic rings. The summed E-state index contributed by atoms with van der Waals surface area (Å²) in [6.07, 6.45) is 1.93. The van der Waals surface area contributed by atoms with Crippen LogP contribution in [0.25, 0.3) is 0 Å². The number of sulfonamides is 1. The van der Waals surface area contributed by atoms with Crippen molar-refractivity contribution in [1.82, 2.24) is 4.90 Å². The monoisotopic (exact) mass is 496 g/mol. The lowest BCUT2D eigenvalue weighted by atomic mass is 10.0. The molecule has 0 bridgehead atoms. The Morgan fingerprint density at radius 3 is 2.36 bits per heavy atom. The smallest absolute Gasteiger partial charge is 0.265 e. The lowest BCUT2D eigenvalue weighted by molar-refractivity contribution is -0.131. The Labute approximate surface area is 200 Å². The number of hydrogen-bond donors (Lipinski definition) is 0. The molecule has 2 aromatic carbocycles. The van der Waals surface area contributed by atoms with Crippen LogP contribution in [0.2, 0.25) is 5.02 Å². The van der Waals surface area contributed by atoms with Gasteiger partial charge in [-0.1, -0.05) is 18.5 Å². The molecule has 10 heteroatoms. The molecule has 0 unspecified atom stereocenters. The topological polar surface area (TPSA) is 85.4 Å². The van der Waals surface area contributed by atoms with E-state index in [1.54, 1.807) is 17.0 Å². The molecule has 0 aliphatic carbocycles. The molecular formula is C23H29ClN2O6S. The van der Waals surface area contributed by atoms with E-state index >= 15 is 0 Å². The second-order valence-electron chi connectivity index (χ2n) is 7.93. The minimum Gasteiger partial charge on any atom is -0.495 e. The summed E-state index contributed by atoms with van der Waals surface area (Å²) in [5.41, 5.74) is 0.179. The number of halogens is 1. The molecule has 1 heterocycles. The van der Waals surface area contributed by atoms with E-state index in [-0.39, 0.29) is 34.5 Å². The average Bonchev–Trinajstić information content (AvgIpc) is 2.81. The zero-order chi connectivity index (χ0) is 24.2. The van der Waals surface area contributed by atoms with Gasteiger partial charge in [0.25, 0.3) is 10.0 Å². The number of amides is 1. The summed E-state index contributed by atoms with van der Waals surface area (Å²) in [5.74, 6) is 1.00. The molecule has 1 amide bonds. The van der Waals surface area contributed by atoms with Gasteiger partial charge in [0.2, 0.25) is 5.91 Å². The predicted molar refractivity (Wildman–Crippen MR) is 127 cm³/mol. The summed E-state index contributed by atoms with van der Waals surface area (Å²) < 4.78 is 44.6. The van der Waals surface area contributed by atoms with Crippen LogP contribution in [0.15, 0.2) is 41.3 Å². The van der Waals surface area contributed by atoms with Gasteiger partial charge >= 0.3 is 0 Å². The molecule has 3 rings (SSSR count). The quantitative estimate of drug-likeness (QED) is 0.552. The number of piperidine rings is 1. The molecule has 180 valence electrons. The van der Waals surface area contributed by atoms with Crippen molar-refractivity contribution in [3.05, 3.63) is 41.4 Å². The zero-order valence-corrected chi connectivity index (χ0v) is 20.8. The van der Waals surface area contributed by atoms with Crippen LogP contribution in [0.1, 0.15) is 19.8 Å². The maximum Gasteiger partial charge on any atom is 0.265 e. The van der Waals surface area contributed by atoms with E-state index in [1.165, 1.54) is 45.6 Å². The highest BCUT2D eigenvalue weighted by atomic mass is 35.5. The Bertz CT molecular complexity index is 1110. The molecule has 0 saturated carbocycles. The number of nitrogens with zero attached hydrogens (tertiary/aromatic N) is 2. The molecule has 1 fully saturated rings.